The molecule has 0 amide bonds. The molecule has 1 aliphatic rings. The molecule has 3 heterocycles. The highest BCUT2D eigenvalue weighted by molar-refractivity contribution is 7.14. The van der Waals surface area contributed by atoms with Crippen LogP contribution >= 0.6 is 22.7 Å². The molecule has 112 valence electrons. The monoisotopic (exact) mass is 324 g/mol. The molecule has 0 aliphatic carbocycles. The van der Waals surface area contributed by atoms with Crippen molar-refractivity contribution in [3.05, 3.63) is 27.9 Å². The highest BCUT2D eigenvalue weighted by Gasteiger charge is 2.40. The van der Waals surface area contributed by atoms with E-state index in [1.807, 2.05) is 6.92 Å². The first kappa shape index (κ1) is 14.6. The van der Waals surface area contributed by atoms with Crippen LogP contribution in [0.15, 0.2) is 22.2 Å². The maximum Gasteiger partial charge on any atom is 0.329 e. The molecule has 0 bridgehead atoms. The molecule has 5 nitrogen and oxygen atoms in total. The molecule has 0 aromatic carbocycles. The third-order valence-electron chi connectivity index (χ3n) is 3.37. The van der Waals surface area contributed by atoms with Crippen LogP contribution in [0, 0.1) is 0 Å². The molecule has 0 unspecified atom stereocenters. The molecule has 0 atom stereocenters. The van der Waals surface area contributed by atoms with Crippen LogP contribution in [0.25, 0.3) is 10.6 Å². The third-order valence-corrected chi connectivity index (χ3v) is 4.99. The lowest BCUT2D eigenvalue weighted by Gasteiger charge is -2.47. The van der Waals surface area contributed by atoms with E-state index in [1.54, 1.807) is 22.7 Å². The Morgan fingerprint density at radius 2 is 2.33 bits per heavy atom. The van der Waals surface area contributed by atoms with E-state index in [0.717, 1.165) is 30.3 Å². The molecule has 1 N–H and O–H groups in total. The van der Waals surface area contributed by atoms with Gasteiger partial charge in [-0.3, -0.25) is 4.90 Å². The summed E-state index contributed by atoms with van der Waals surface area (Å²) >= 11 is 3.33. The van der Waals surface area contributed by atoms with Gasteiger partial charge in [-0.2, -0.15) is 11.3 Å². The number of ether oxygens (including phenoxy) is 1. The molecular weight excluding hydrogens is 308 g/mol. The standard InChI is InChI=1S/C14H16N2O3S2/c1-14(19-5-12(17)18)8-16(9-14)4-11-7-21-13(15-11)10-2-3-20-6-10/h2-3,6-7H,4-5,8-9H2,1H3,(H,17,18). The van der Waals surface area contributed by atoms with E-state index in [4.69, 9.17) is 9.84 Å². The lowest BCUT2D eigenvalue weighted by atomic mass is 9.96. The van der Waals surface area contributed by atoms with E-state index in [2.05, 4.69) is 32.1 Å². The Bertz CT molecular complexity index is 618. The van der Waals surface area contributed by atoms with Crippen LogP contribution in [0.5, 0.6) is 0 Å². The maximum absolute atomic E-state index is 10.5. The first-order valence-electron chi connectivity index (χ1n) is 6.59. The van der Waals surface area contributed by atoms with Gasteiger partial charge in [-0.05, 0) is 18.4 Å². The second-order valence-electron chi connectivity index (χ2n) is 5.43. The van der Waals surface area contributed by atoms with E-state index in [-0.39, 0.29) is 12.2 Å². The van der Waals surface area contributed by atoms with Crippen molar-refractivity contribution < 1.29 is 14.6 Å². The van der Waals surface area contributed by atoms with Crippen LogP contribution in [-0.4, -0.2) is 46.3 Å². The number of aliphatic carboxylic acids is 1. The summed E-state index contributed by atoms with van der Waals surface area (Å²) in [6.07, 6.45) is 0. The van der Waals surface area contributed by atoms with Gasteiger partial charge in [0.15, 0.2) is 0 Å². The number of carboxylic acid groups (broad SMARTS) is 1. The van der Waals surface area contributed by atoms with Crippen LogP contribution in [-0.2, 0) is 16.1 Å². The Labute approximate surface area is 130 Å². The number of hydrogen-bond acceptors (Lipinski definition) is 6. The molecule has 3 rings (SSSR count). The Hall–Kier alpha value is -1.28. The molecule has 0 spiro atoms. The fraction of sp³-hybridized carbons (Fsp3) is 0.429. The quantitative estimate of drug-likeness (QED) is 0.885. The average Bonchev–Trinajstić information content (AvgIpc) is 3.04. The van der Waals surface area contributed by atoms with Gasteiger partial charge in [0, 0.05) is 36.0 Å². The van der Waals surface area contributed by atoms with Crippen molar-refractivity contribution in [1.29, 1.82) is 0 Å². The summed E-state index contributed by atoms with van der Waals surface area (Å²) < 4.78 is 5.40. The van der Waals surface area contributed by atoms with Gasteiger partial charge < -0.3 is 9.84 Å². The number of thiazole rings is 1. The predicted octanol–water partition coefficient (Wildman–Crippen LogP) is 2.55. The first-order valence-corrected chi connectivity index (χ1v) is 8.41. The number of carbonyl (C=O) groups is 1. The summed E-state index contributed by atoms with van der Waals surface area (Å²) in [5.74, 6) is -0.922. The largest absolute Gasteiger partial charge is 0.480 e. The van der Waals surface area contributed by atoms with E-state index in [9.17, 15) is 4.79 Å². The molecule has 2 aromatic rings. The summed E-state index contributed by atoms with van der Waals surface area (Å²) in [4.78, 5) is 17.4. The fourth-order valence-electron chi connectivity index (χ4n) is 2.47. The molecule has 1 aliphatic heterocycles. The van der Waals surface area contributed by atoms with E-state index < -0.39 is 5.97 Å². The smallest absolute Gasteiger partial charge is 0.329 e. The van der Waals surface area contributed by atoms with Crippen molar-refractivity contribution in [2.45, 2.75) is 19.1 Å². The first-order chi connectivity index (χ1) is 10.0. The topological polar surface area (TPSA) is 62.7 Å². The molecule has 1 fully saturated rings. The van der Waals surface area contributed by atoms with Crippen molar-refractivity contribution in [3.8, 4) is 10.6 Å². The zero-order chi connectivity index (χ0) is 14.9. The average molecular weight is 324 g/mol. The van der Waals surface area contributed by atoms with E-state index in [0.29, 0.717) is 0 Å². The molecule has 7 heteroatoms. The van der Waals surface area contributed by atoms with Crippen molar-refractivity contribution in [2.24, 2.45) is 0 Å². The van der Waals surface area contributed by atoms with Crippen LogP contribution in [0.3, 0.4) is 0 Å². The Morgan fingerprint density at radius 3 is 3.00 bits per heavy atom. The lowest BCUT2D eigenvalue weighted by Crippen LogP contribution is -2.61. The van der Waals surface area contributed by atoms with Gasteiger partial charge in [0.2, 0.25) is 0 Å². The summed E-state index contributed by atoms with van der Waals surface area (Å²) in [5.41, 5.74) is 1.89. The molecule has 21 heavy (non-hydrogen) atoms. The summed E-state index contributed by atoms with van der Waals surface area (Å²) in [6.45, 7) is 3.98. The molecule has 0 saturated carbocycles. The van der Waals surface area contributed by atoms with Gasteiger partial charge >= 0.3 is 5.97 Å². The highest BCUT2D eigenvalue weighted by Crippen LogP contribution is 2.29. The fourth-order valence-corrected chi connectivity index (χ4v) is 3.99. The van der Waals surface area contributed by atoms with Crippen LogP contribution in [0.1, 0.15) is 12.6 Å². The predicted molar refractivity (Wildman–Crippen MR) is 82.7 cm³/mol. The van der Waals surface area contributed by atoms with Gasteiger partial charge in [-0.25, -0.2) is 9.78 Å². The number of rotatable bonds is 6. The molecule has 1 saturated heterocycles. The van der Waals surface area contributed by atoms with Gasteiger partial charge in [0.05, 0.1) is 11.3 Å². The maximum atomic E-state index is 10.5. The Kier molecular flexibility index (Phi) is 4.08. The third kappa shape index (κ3) is 3.49. The van der Waals surface area contributed by atoms with Crippen LogP contribution < -0.4 is 0 Å². The van der Waals surface area contributed by atoms with Crippen LogP contribution in [0.4, 0.5) is 0 Å². The Balaban J connectivity index is 1.52. The minimum Gasteiger partial charge on any atom is -0.480 e. The molecule has 0 radical (unpaired) electrons. The number of carboxylic acids is 1. The van der Waals surface area contributed by atoms with Crippen molar-refractivity contribution in [3.63, 3.8) is 0 Å². The van der Waals surface area contributed by atoms with Gasteiger partial charge in [-0.15, -0.1) is 11.3 Å². The molecule has 2 aromatic heterocycles. The SMILES string of the molecule is CC1(OCC(=O)O)CN(Cc2csc(-c3ccsc3)n2)C1. The van der Waals surface area contributed by atoms with Crippen molar-refractivity contribution in [1.82, 2.24) is 9.88 Å². The van der Waals surface area contributed by atoms with Crippen molar-refractivity contribution in [2.75, 3.05) is 19.7 Å². The number of hydrogen-bond donors (Lipinski definition) is 1. The zero-order valence-electron chi connectivity index (χ0n) is 11.6. The second-order valence-corrected chi connectivity index (χ2v) is 7.07. The number of nitrogens with zero attached hydrogens (tertiary/aromatic N) is 2. The summed E-state index contributed by atoms with van der Waals surface area (Å²) in [7, 11) is 0. The van der Waals surface area contributed by atoms with Crippen LogP contribution in [0.2, 0.25) is 0 Å². The minimum atomic E-state index is -0.922. The number of thiophene rings is 1. The zero-order valence-corrected chi connectivity index (χ0v) is 13.2. The number of aromatic nitrogens is 1. The van der Waals surface area contributed by atoms with E-state index >= 15 is 0 Å². The van der Waals surface area contributed by atoms with Gasteiger partial charge in [0.25, 0.3) is 0 Å². The number of likely N-dealkylation sites (tertiary alicyclic amines) is 1. The Morgan fingerprint density at radius 1 is 1.52 bits per heavy atom. The molecular formula is C14H16N2O3S2. The van der Waals surface area contributed by atoms with Gasteiger partial charge in [-0.1, -0.05) is 0 Å². The van der Waals surface area contributed by atoms with Gasteiger partial charge in [0.1, 0.15) is 11.6 Å². The van der Waals surface area contributed by atoms with Crippen molar-refractivity contribution >= 4 is 28.6 Å². The lowest BCUT2D eigenvalue weighted by molar-refractivity contribution is -0.165. The summed E-state index contributed by atoms with van der Waals surface area (Å²) in [5, 5.41) is 15.9. The minimum absolute atomic E-state index is 0.233. The second kappa shape index (κ2) is 5.84. The highest BCUT2D eigenvalue weighted by atomic mass is 32.1. The normalized spacial score (nSPS) is 17.6. The van der Waals surface area contributed by atoms with E-state index in [1.165, 1.54) is 5.56 Å². The summed E-state index contributed by atoms with van der Waals surface area (Å²) in [6, 6.07) is 2.08.